The highest BCUT2D eigenvalue weighted by Crippen LogP contribution is 2.21. The van der Waals surface area contributed by atoms with Crippen molar-refractivity contribution in [3.63, 3.8) is 0 Å². The number of sulfonamides is 1. The van der Waals surface area contributed by atoms with E-state index < -0.39 is 10.0 Å². The summed E-state index contributed by atoms with van der Waals surface area (Å²) in [6, 6.07) is 12.9. The number of halogens is 2. The van der Waals surface area contributed by atoms with E-state index in [4.69, 9.17) is 11.6 Å². The molecule has 7 nitrogen and oxygen atoms in total. The number of carbonyl (C=O) groups excluding carboxylic acids is 1. The van der Waals surface area contributed by atoms with E-state index in [1.807, 2.05) is 6.07 Å². The van der Waals surface area contributed by atoms with E-state index in [9.17, 15) is 13.2 Å². The van der Waals surface area contributed by atoms with Crippen LogP contribution in [0.4, 0.5) is 5.13 Å². The number of hydrogen-bond donors (Lipinski definition) is 2. The Balaban J connectivity index is 1.55. The van der Waals surface area contributed by atoms with Crippen LogP contribution in [0.1, 0.15) is 15.4 Å². The molecule has 2 N–H and O–H groups in total. The fraction of sp³-hybridized carbons (Fsp3) is 0.118. The largest absolute Gasteiger partial charge is 0.352 e. The number of nitrogens with zero attached hydrogens (tertiary/aromatic N) is 2. The number of rotatable bonds is 7. The lowest BCUT2D eigenvalue weighted by molar-refractivity contribution is 0.0954. The molecule has 0 aliphatic carbocycles. The van der Waals surface area contributed by atoms with Crippen LogP contribution < -0.4 is 10.0 Å². The molecule has 146 valence electrons. The molecule has 0 radical (unpaired) electrons. The zero-order chi connectivity index (χ0) is 20.1. The summed E-state index contributed by atoms with van der Waals surface area (Å²) in [7, 11) is -3.77. The van der Waals surface area contributed by atoms with Gasteiger partial charge in [-0.1, -0.05) is 44.9 Å². The quantitative estimate of drug-likeness (QED) is 0.514. The van der Waals surface area contributed by atoms with Crippen LogP contribution in [-0.2, 0) is 16.4 Å². The second-order valence-corrected chi connectivity index (χ2v) is 9.67. The molecule has 28 heavy (non-hydrogen) atoms. The van der Waals surface area contributed by atoms with Gasteiger partial charge in [0.2, 0.25) is 5.13 Å². The summed E-state index contributed by atoms with van der Waals surface area (Å²) >= 11 is 10.2. The minimum absolute atomic E-state index is 0.0786. The van der Waals surface area contributed by atoms with Crippen LogP contribution in [0.25, 0.3) is 0 Å². The van der Waals surface area contributed by atoms with E-state index in [0.717, 1.165) is 15.8 Å². The van der Waals surface area contributed by atoms with Crippen molar-refractivity contribution in [2.45, 2.75) is 11.3 Å². The average Bonchev–Trinajstić information content (AvgIpc) is 3.08. The van der Waals surface area contributed by atoms with Gasteiger partial charge in [0, 0.05) is 28.0 Å². The molecule has 2 aromatic carbocycles. The van der Waals surface area contributed by atoms with Crippen molar-refractivity contribution in [1.29, 1.82) is 0 Å². The van der Waals surface area contributed by atoms with Crippen molar-refractivity contribution < 1.29 is 13.2 Å². The molecule has 0 bridgehead atoms. The third kappa shape index (κ3) is 5.51. The summed E-state index contributed by atoms with van der Waals surface area (Å²) in [4.78, 5) is 12.2. The minimum Gasteiger partial charge on any atom is -0.352 e. The van der Waals surface area contributed by atoms with Crippen LogP contribution in [-0.4, -0.2) is 31.1 Å². The molecular formula is C17H14BrClN4O3S2. The van der Waals surface area contributed by atoms with Gasteiger partial charge in [-0.25, -0.2) is 8.42 Å². The van der Waals surface area contributed by atoms with Crippen LogP contribution in [0, 0.1) is 0 Å². The standard InChI is InChI=1S/C17H14BrClN4O3S2/c18-12-3-1-2-11(10-12)16(24)20-9-8-15-21-22-17(27-15)23-28(25,26)14-6-4-13(19)5-7-14/h1-7,10H,8-9H2,(H,20,24)(H,22,23). The smallest absolute Gasteiger partial charge is 0.263 e. The summed E-state index contributed by atoms with van der Waals surface area (Å²) < 4.78 is 27.9. The van der Waals surface area contributed by atoms with E-state index in [1.165, 1.54) is 24.3 Å². The van der Waals surface area contributed by atoms with Gasteiger partial charge in [-0.3, -0.25) is 9.52 Å². The van der Waals surface area contributed by atoms with Gasteiger partial charge in [0.1, 0.15) is 5.01 Å². The molecule has 0 aliphatic rings. The van der Waals surface area contributed by atoms with Crippen molar-refractivity contribution >= 4 is 59.9 Å². The van der Waals surface area contributed by atoms with Crippen molar-refractivity contribution in [2.24, 2.45) is 0 Å². The van der Waals surface area contributed by atoms with Gasteiger partial charge >= 0.3 is 0 Å². The monoisotopic (exact) mass is 500 g/mol. The van der Waals surface area contributed by atoms with Crippen LogP contribution in [0.2, 0.25) is 5.02 Å². The van der Waals surface area contributed by atoms with E-state index in [2.05, 4.69) is 36.2 Å². The Morgan fingerprint density at radius 3 is 2.61 bits per heavy atom. The SMILES string of the molecule is O=C(NCCc1nnc(NS(=O)(=O)c2ccc(Cl)cc2)s1)c1cccc(Br)c1. The van der Waals surface area contributed by atoms with Crippen molar-refractivity contribution in [2.75, 3.05) is 11.3 Å². The average molecular weight is 502 g/mol. The number of amides is 1. The second-order valence-electron chi connectivity index (χ2n) is 5.58. The molecule has 1 amide bonds. The van der Waals surface area contributed by atoms with Gasteiger partial charge in [0.25, 0.3) is 15.9 Å². The highest BCUT2D eigenvalue weighted by atomic mass is 79.9. The zero-order valence-electron chi connectivity index (χ0n) is 14.2. The van der Waals surface area contributed by atoms with Crippen LogP contribution in [0.3, 0.4) is 0 Å². The van der Waals surface area contributed by atoms with E-state index in [0.29, 0.717) is 28.6 Å². The first kappa shape index (κ1) is 20.7. The zero-order valence-corrected chi connectivity index (χ0v) is 18.2. The van der Waals surface area contributed by atoms with E-state index in [1.54, 1.807) is 18.2 Å². The van der Waals surface area contributed by atoms with Gasteiger partial charge in [0.05, 0.1) is 4.90 Å². The molecule has 0 fully saturated rings. The predicted molar refractivity (Wildman–Crippen MR) is 112 cm³/mol. The molecule has 3 rings (SSSR count). The van der Waals surface area contributed by atoms with Crippen LogP contribution >= 0.6 is 38.9 Å². The normalized spacial score (nSPS) is 11.2. The van der Waals surface area contributed by atoms with Crippen molar-refractivity contribution in [3.8, 4) is 0 Å². The number of anilines is 1. The van der Waals surface area contributed by atoms with Gasteiger partial charge in [-0.2, -0.15) is 0 Å². The maximum atomic E-state index is 12.3. The Labute approximate surface area is 179 Å². The van der Waals surface area contributed by atoms with Crippen molar-refractivity contribution in [1.82, 2.24) is 15.5 Å². The molecule has 1 aromatic heterocycles. The first-order valence-electron chi connectivity index (χ1n) is 7.98. The maximum absolute atomic E-state index is 12.3. The molecule has 0 atom stereocenters. The van der Waals surface area contributed by atoms with Gasteiger partial charge in [-0.15, -0.1) is 10.2 Å². The Bertz CT molecular complexity index is 1090. The molecule has 0 saturated carbocycles. The lowest BCUT2D eigenvalue weighted by Crippen LogP contribution is -2.25. The summed E-state index contributed by atoms with van der Waals surface area (Å²) in [6.07, 6.45) is 0.431. The first-order valence-corrected chi connectivity index (χ1v) is 11.4. The second kappa shape index (κ2) is 8.99. The van der Waals surface area contributed by atoms with Gasteiger partial charge in [-0.05, 0) is 42.5 Å². The molecule has 0 saturated heterocycles. The topological polar surface area (TPSA) is 101 Å². The molecule has 0 unspecified atom stereocenters. The predicted octanol–water partition coefficient (Wildman–Crippen LogP) is 3.73. The third-order valence-electron chi connectivity index (χ3n) is 3.52. The highest BCUT2D eigenvalue weighted by Gasteiger charge is 2.17. The lowest BCUT2D eigenvalue weighted by Gasteiger charge is -2.04. The first-order chi connectivity index (χ1) is 13.3. The van der Waals surface area contributed by atoms with Gasteiger partial charge in [0.15, 0.2) is 0 Å². The van der Waals surface area contributed by atoms with Crippen molar-refractivity contribution in [3.05, 3.63) is 68.6 Å². The summed E-state index contributed by atoms with van der Waals surface area (Å²) in [6.45, 7) is 0.351. The summed E-state index contributed by atoms with van der Waals surface area (Å²) in [5, 5.41) is 11.8. The number of carbonyl (C=O) groups is 1. The fourth-order valence-corrected chi connectivity index (χ4v) is 4.69. The van der Waals surface area contributed by atoms with E-state index in [-0.39, 0.29) is 15.9 Å². The van der Waals surface area contributed by atoms with Gasteiger partial charge < -0.3 is 5.32 Å². The lowest BCUT2D eigenvalue weighted by atomic mass is 10.2. The highest BCUT2D eigenvalue weighted by molar-refractivity contribution is 9.10. The summed E-state index contributed by atoms with van der Waals surface area (Å²) in [5.74, 6) is -0.200. The Hall–Kier alpha value is -2.01. The molecule has 0 spiro atoms. The maximum Gasteiger partial charge on any atom is 0.263 e. The Morgan fingerprint density at radius 1 is 1.14 bits per heavy atom. The Morgan fingerprint density at radius 2 is 1.89 bits per heavy atom. The molecular weight excluding hydrogens is 488 g/mol. The number of benzene rings is 2. The Kier molecular flexibility index (Phi) is 6.65. The molecule has 11 heteroatoms. The molecule has 3 aromatic rings. The number of aromatic nitrogens is 2. The van der Waals surface area contributed by atoms with Crippen LogP contribution in [0.5, 0.6) is 0 Å². The number of nitrogens with one attached hydrogen (secondary N) is 2. The van der Waals surface area contributed by atoms with E-state index >= 15 is 0 Å². The number of hydrogen-bond acceptors (Lipinski definition) is 6. The molecule has 1 heterocycles. The molecule has 0 aliphatic heterocycles. The third-order valence-corrected chi connectivity index (χ3v) is 6.65. The summed E-state index contributed by atoms with van der Waals surface area (Å²) in [5.41, 5.74) is 0.544. The minimum atomic E-state index is -3.77. The van der Waals surface area contributed by atoms with Crippen LogP contribution in [0.15, 0.2) is 57.9 Å². The fourth-order valence-electron chi connectivity index (χ4n) is 2.20.